The molecule has 174 valence electrons. The molecule has 2 amide bonds. The van der Waals surface area contributed by atoms with Crippen LogP contribution in [0.4, 0.5) is 32.8 Å². The molecule has 0 bridgehead atoms. The lowest BCUT2D eigenvalue weighted by Gasteiger charge is -2.13. The smallest absolute Gasteiger partial charge is 0.387 e. The van der Waals surface area contributed by atoms with Crippen LogP contribution < -0.4 is 16.0 Å². The zero-order valence-corrected chi connectivity index (χ0v) is 18.0. The summed E-state index contributed by atoms with van der Waals surface area (Å²) in [7, 11) is 3.08. The first-order valence-electron chi connectivity index (χ1n) is 9.39. The van der Waals surface area contributed by atoms with Crippen LogP contribution in [0.1, 0.15) is 21.5 Å². The third-order valence-electron chi connectivity index (χ3n) is 4.63. The number of alkyl halides is 3. The number of carbonyl (C=O) groups excluding carboxylic acids is 2. The van der Waals surface area contributed by atoms with E-state index < -0.39 is 40.8 Å². The van der Waals surface area contributed by atoms with E-state index in [1.54, 1.807) is 25.2 Å². The van der Waals surface area contributed by atoms with Crippen molar-refractivity contribution in [2.75, 3.05) is 24.7 Å². The Bertz CT molecular complexity index is 1210. The molecule has 0 atom stereocenters. The molecule has 0 aliphatic heterocycles. The first kappa shape index (κ1) is 24.1. The number of aromatic nitrogens is 1. The van der Waals surface area contributed by atoms with Gasteiger partial charge in [0.1, 0.15) is 17.2 Å². The number of hydrogen-bond acceptors (Lipinski definition) is 5. The topological polar surface area (TPSA) is 83.1 Å². The molecule has 0 fully saturated rings. The number of hydrogen-bond donors (Lipinski definition) is 3. The van der Waals surface area contributed by atoms with E-state index in [-0.39, 0.29) is 22.8 Å². The first-order chi connectivity index (χ1) is 15.6. The van der Waals surface area contributed by atoms with Gasteiger partial charge in [0.15, 0.2) is 5.13 Å². The third kappa shape index (κ3) is 5.11. The Hall–Kier alpha value is -3.54. The number of nitrogens with one attached hydrogen (secondary N) is 3. The quantitative estimate of drug-likeness (QED) is 0.444. The number of thiazole rings is 1. The number of anilines is 2. The fourth-order valence-corrected chi connectivity index (χ4v) is 3.88. The molecule has 0 radical (unpaired) electrons. The monoisotopic (exact) mass is 484 g/mol. The van der Waals surface area contributed by atoms with Gasteiger partial charge in [-0.05, 0) is 23.8 Å². The molecule has 0 saturated carbocycles. The molecule has 1 aromatic heterocycles. The maximum absolute atomic E-state index is 14.4. The van der Waals surface area contributed by atoms with E-state index in [2.05, 4.69) is 20.9 Å². The largest absolute Gasteiger partial charge is 0.422 e. The molecular formula is C21H17F5N4O2S. The van der Waals surface area contributed by atoms with E-state index in [1.165, 1.54) is 12.4 Å². The lowest BCUT2D eigenvalue weighted by molar-refractivity contribution is -0.142. The maximum atomic E-state index is 14.4. The summed E-state index contributed by atoms with van der Waals surface area (Å²) in [5, 5.41) is 9.09. The number of benzene rings is 2. The minimum Gasteiger partial charge on any atom is -0.387 e. The van der Waals surface area contributed by atoms with E-state index in [1.807, 2.05) is 0 Å². The summed E-state index contributed by atoms with van der Waals surface area (Å²) < 4.78 is 66.8. The van der Waals surface area contributed by atoms with Gasteiger partial charge < -0.3 is 16.0 Å². The molecule has 33 heavy (non-hydrogen) atoms. The van der Waals surface area contributed by atoms with Gasteiger partial charge in [-0.15, -0.1) is 11.3 Å². The lowest BCUT2D eigenvalue weighted by atomic mass is 10.0. The highest BCUT2D eigenvalue weighted by atomic mass is 32.1. The number of amides is 2. The summed E-state index contributed by atoms with van der Waals surface area (Å²) in [5.74, 6) is -4.47. The zero-order chi connectivity index (χ0) is 24.3. The van der Waals surface area contributed by atoms with Crippen molar-refractivity contribution in [3.8, 4) is 11.3 Å². The Morgan fingerprint density at radius 2 is 1.82 bits per heavy atom. The second-order valence-corrected chi connectivity index (χ2v) is 7.57. The molecule has 1 heterocycles. The molecular weight excluding hydrogens is 467 g/mol. The molecule has 0 unspecified atom stereocenters. The Kier molecular flexibility index (Phi) is 6.96. The van der Waals surface area contributed by atoms with Crippen molar-refractivity contribution < 1.29 is 31.5 Å². The number of rotatable bonds is 6. The Morgan fingerprint density at radius 1 is 1.09 bits per heavy atom. The van der Waals surface area contributed by atoms with Crippen LogP contribution in [0.3, 0.4) is 0 Å². The average Bonchev–Trinajstić information content (AvgIpc) is 3.19. The van der Waals surface area contributed by atoms with Gasteiger partial charge in [0.2, 0.25) is 5.91 Å². The summed E-state index contributed by atoms with van der Waals surface area (Å²) in [4.78, 5) is 28.7. The van der Waals surface area contributed by atoms with E-state index in [0.29, 0.717) is 17.3 Å². The van der Waals surface area contributed by atoms with Crippen molar-refractivity contribution >= 4 is 34.0 Å². The summed E-state index contributed by atoms with van der Waals surface area (Å²) >= 11 is 0.856. The van der Waals surface area contributed by atoms with E-state index in [4.69, 9.17) is 0 Å². The molecule has 0 aliphatic rings. The minimum atomic E-state index is -5.22. The van der Waals surface area contributed by atoms with E-state index >= 15 is 0 Å². The number of nitrogens with zero attached hydrogens (tertiary/aromatic N) is 1. The maximum Gasteiger partial charge on any atom is 0.422 e. The molecule has 12 heteroatoms. The second kappa shape index (κ2) is 9.53. The summed E-state index contributed by atoms with van der Waals surface area (Å²) in [6.07, 6.45) is -5.42. The van der Waals surface area contributed by atoms with Crippen LogP contribution >= 0.6 is 11.3 Å². The molecule has 3 N–H and O–H groups in total. The standard InChI is InChI=1S/C21H17F5N4O2S/c1-27-13-5-3-4-10(16(13)19(32)28-2)8-15(31)30-20-29-14(9-33-20)11-6-7-12(22)17(18(11)23)21(24,25)26/h3-7,9,27H,8H2,1-2H3,(H,28,32)(H,29,30,31). The summed E-state index contributed by atoms with van der Waals surface area (Å²) in [6.45, 7) is 0. The van der Waals surface area contributed by atoms with Gasteiger partial charge in [-0.1, -0.05) is 12.1 Å². The van der Waals surface area contributed by atoms with Gasteiger partial charge in [-0.2, -0.15) is 13.2 Å². The fourth-order valence-electron chi connectivity index (χ4n) is 3.15. The van der Waals surface area contributed by atoms with Crippen LogP contribution in [0.25, 0.3) is 11.3 Å². The van der Waals surface area contributed by atoms with Crippen LogP contribution in [0.15, 0.2) is 35.7 Å². The van der Waals surface area contributed by atoms with Crippen LogP contribution in [0, 0.1) is 11.6 Å². The number of carbonyl (C=O) groups is 2. The lowest BCUT2D eigenvalue weighted by Crippen LogP contribution is -2.23. The molecule has 6 nitrogen and oxygen atoms in total. The van der Waals surface area contributed by atoms with Crippen LogP contribution in [0.2, 0.25) is 0 Å². The number of halogens is 5. The average molecular weight is 484 g/mol. The van der Waals surface area contributed by atoms with Crippen molar-refractivity contribution in [2.24, 2.45) is 0 Å². The third-order valence-corrected chi connectivity index (χ3v) is 5.38. The molecule has 0 spiro atoms. The normalized spacial score (nSPS) is 11.2. The van der Waals surface area contributed by atoms with E-state index in [9.17, 15) is 31.5 Å². The van der Waals surface area contributed by atoms with E-state index in [0.717, 1.165) is 17.4 Å². The fraction of sp³-hybridized carbons (Fsp3) is 0.190. The van der Waals surface area contributed by atoms with Gasteiger partial charge in [0.25, 0.3) is 5.91 Å². The van der Waals surface area contributed by atoms with Crippen LogP contribution in [-0.2, 0) is 17.4 Å². The highest BCUT2D eigenvalue weighted by Gasteiger charge is 2.39. The Labute approximate surface area is 188 Å². The molecule has 3 rings (SSSR count). The van der Waals surface area contributed by atoms with Crippen molar-refractivity contribution in [3.05, 3.63) is 64.0 Å². The minimum absolute atomic E-state index is 0.00134. The van der Waals surface area contributed by atoms with Gasteiger partial charge in [0.05, 0.1) is 17.7 Å². The van der Waals surface area contributed by atoms with Gasteiger partial charge in [-0.25, -0.2) is 13.8 Å². The first-order valence-corrected chi connectivity index (χ1v) is 10.3. The SMILES string of the molecule is CNC(=O)c1c(CC(=O)Nc2nc(-c3ccc(F)c(C(F)(F)F)c3F)cs2)cccc1NC. The Morgan fingerprint density at radius 3 is 2.45 bits per heavy atom. The van der Waals surface area contributed by atoms with Crippen molar-refractivity contribution in [1.82, 2.24) is 10.3 Å². The Balaban J connectivity index is 1.83. The molecule has 2 aromatic carbocycles. The molecule has 3 aromatic rings. The van der Waals surface area contributed by atoms with Crippen molar-refractivity contribution in [1.29, 1.82) is 0 Å². The van der Waals surface area contributed by atoms with Gasteiger partial charge >= 0.3 is 6.18 Å². The van der Waals surface area contributed by atoms with Crippen molar-refractivity contribution in [3.63, 3.8) is 0 Å². The summed E-state index contributed by atoms with van der Waals surface area (Å²) in [6, 6.07) is 6.29. The summed E-state index contributed by atoms with van der Waals surface area (Å²) in [5.41, 5.74) is -1.53. The molecule has 0 saturated heterocycles. The zero-order valence-electron chi connectivity index (χ0n) is 17.2. The van der Waals surface area contributed by atoms with Gasteiger partial charge in [0, 0.05) is 30.7 Å². The molecule has 0 aliphatic carbocycles. The highest BCUT2D eigenvalue weighted by Crippen LogP contribution is 2.38. The predicted molar refractivity (Wildman–Crippen MR) is 114 cm³/mol. The van der Waals surface area contributed by atoms with Crippen molar-refractivity contribution in [2.45, 2.75) is 12.6 Å². The van der Waals surface area contributed by atoms with Crippen LogP contribution in [0.5, 0.6) is 0 Å². The highest BCUT2D eigenvalue weighted by molar-refractivity contribution is 7.14. The predicted octanol–water partition coefficient (Wildman–Crippen LogP) is 4.69. The van der Waals surface area contributed by atoms with Crippen LogP contribution in [-0.4, -0.2) is 30.9 Å². The van der Waals surface area contributed by atoms with Gasteiger partial charge in [-0.3, -0.25) is 9.59 Å². The second-order valence-electron chi connectivity index (χ2n) is 6.71.